The maximum atomic E-state index is 8.84. The number of nitriles is 1. The van der Waals surface area contributed by atoms with Gasteiger partial charge >= 0.3 is 0 Å². The number of halogens is 1. The first-order valence-corrected chi connectivity index (χ1v) is 7.00. The van der Waals surface area contributed by atoms with E-state index in [1.54, 1.807) is 30.3 Å². The van der Waals surface area contributed by atoms with Gasteiger partial charge in [0.15, 0.2) is 0 Å². The van der Waals surface area contributed by atoms with Crippen molar-refractivity contribution >= 4 is 28.7 Å². The van der Waals surface area contributed by atoms with E-state index in [0.717, 1.165) is 12.1 Å². The predicted octanol–water partition coefficient (Wildman–Crippen LogP) is 4.33. The molecule has 0 saturated heterocycles. The van der Waals surface area contributed by atoms with Crippen LogP contribution in [-0.2, 0) is 0 Å². The van der Waals surface area contributed by atoms with Gasteiger partial charge in [0.1, 0.15) is 5.75 Å². The molecule has 0 amide bonds. The fraction of sp³-hybridized carbons (Fsp3) is 0.188. The van der Waals surface area contributed by atoms with Crippen molar-refractivity contribution in [2.24, 2.45) is 0 Å². The Balaban J connectivity index is 2.23. The standard InChI is InChI=1S/C16H16ClN3O/c1-2-5-21-14-8-12(19)7-13(9-14)20-16-4-3-11(10-18)6-15(16)17/h3-4,6-9,20H,2,5,19H2,1H3. The van der Waals surface area contributed by atoms with E-state index in [1.165, 1.54) is 0 Å². The number of nitrogen functional groups attached to an aromatic ring is 1. The summed E-state index contributed by atoms with van der Waals surface area (Å²) in [5, 5.41) is 12.5. The van der Waals surface area contributed by atoms with Crippen LogP contribution in [0.4, 0.5) is 17.1 Å². The molecule has 0 aliphatic heterocycles. The molecule has 3 N–H and O–H groups in total. The number of hydrogen-bond acceptors (Lipinski definition) is 4. The minimum atomic E-state index is 0.479. The Hall–Kier alpha value is -2.38. The lowest BCUT2D eigenvalue weighted by atomic mass is 10.2. The van der Waals surface area contributed by atoms with Gasteiger partial charge in [-0.25, -0.2) is 0 Å². The highest BCUT2D eigenvalue weighted by molar-refractivity contribution is 6.33. The molecule has 4 nitrogen and oxygen atoms in total. The van der Waals surface area contributed by atoms with E-state index < -0.39 is 0 Å². The lowest BCUT2D eigenvalue weighted by molar-refractivity contribution is 0.318. The van der Waals surface area contributed by atoms with E-state index in [0.29, 0.717) is 34.3 Å². The zero-order chi connectivity index (χ0) is 15.2. The Bertz CT molecular complexity index is 680. The molecule has 108 valence electrons. The summed E-state index contributed by atoms with van der Waals surface area (Å²) < 4.78 is 5.59. The van der Waals surface area contributed by atoms with E-state index in [2.05, 4.69) is 5.32 Å². The predicted molar refractivity (Wildman–Crippen MR) is 86.1 cm³/mol. The quantitative estimate of drug-likeness (QED) is 0.806. The van der Waals surface area contributed by atoms with Crippen molar-refractivity contribution in [3.63, 3.8) is 0 Å². The maximum Gasteiger partial charge on any atom is 0.123 e. The molecule has 0 fully saturated rings. The van der Waals surface area contributed by atoms with Crippen molar-refractivity contribution in [3.8, 4) is 11.8 Å². The molecule has 0 saturated carbocycles. The van der Waals surface area contributed by atoms with Crippen LogP contribution in [-0.4, -0.2) is 6.61 Å². The van der Waals surface area contributed by atoms with Crippen LogP contribution in [0.3, 0.4) is 0 Å². The second-order valence-corrected chi connectivity index (χ2v) is 4.98. The fourth-order valence-electron chi connectivity index (χ4n) is 1.84. The van der Waals surface area contributed by atoms with Gasteiger partial charge in [-0.3, -0.25) is 0 Å². The van der Waals surface area contributed by atoms with Crippen molar-refractivity contribution in [3.05, 3.63) is 47.0 Å². The number of hydrogen-bond donors (Lipinski definition) is 2. The van der Waals surface area contributed by atoms with Crippen molar-refractivity contribution in [2.75, 3.05) is 17.7 Å². The lowest BCUT2D eigenvalue weighted by Gasteiger charge is -2.12. The first-order chi connectivity index (χ1) is 10.1. The zero-order valence-corrected chi connectivity index (χ0v) is 12.4. The van der Waals surface area contributed by atoms with Gasteiger partial charge < -0.3 is 15.8 Å². The average Bonchev–Trinajstić information content (AvgIpc) is 2.46. The summed E-state index contributed by atoms with van der Waals surface area (Å²) in [6.45, 7) is 2.68. The molecule has 2 rings (SSSR count). The van der Waals surface area contributed by atoms with Gasteiger partial charge in [0, 0.05) is 23.5 Å². The summed E-state index contributed by atoms with van der Waals surface area (Å²) >= 11 is 6.15. The fourth-order valence-corrected chi connectivity index (χ4v) is 2.07. The van der Waals surface area contributed by atoms with E-state index in [4.69, 9.17) is 27.3 Å². The summed E-state index contributed by atoms with van der Waals surface area (Å²) in [5.41, 5.74) is 8.49. The summed E-state index contributed by atoms with van der Waals surface area (Å²) in [7, 11) is 0. The molecule has 0 atom stereocenters. The first-order valence-electron chi connectivity index (χ1n) is 6.62. The molecule has 0 heterocycles. The number of ether oxygens (including phenoxy) is 1. The highest BCUT2D eigenvalue weighted by atomic mass is 35.5. The number of benzene rings is 2. The summed E-state index contributed by atoms with van der Waals surface area (Å²) in [4.78, 5) is 0. The van der Waals surface area contributed by atoms with E-state index in [1.807, 2.05) is 19.1 Å². The van der Waals surface area contributed by atoms with Crippen LogP contribution in [0.15, 0.2) is 36.4 Å². The third kappa shape index (κ3) is 4.04. The minimum Gasteiger partial charge on any atom is -0.493 e. The van der Waals surface area contributed by atoms with Crippen LogP contribution in [0.2, 0.25) is 5.02 Å². The van der Waals surface area contributed by atoms with Crippen molar-refractivity contribution < 1.29 is 4.74 Å². The van der Waals surface area contributed by atoms with Crippen LogP contribution >= 0.6 is 11.6 Å². The van der Waals surface area contributed by atoms with Crippen molar-refractivity contribution in [1.29, 1.82) is 5.26 Å². The monoisotopic (exact) mass is 301 g/mol. The Morgan fingerprint density at radius 3 is 2.76 bits per heavy atom. The minimum absolute atomic E-state index is 0.479. The molecule has 2 aromatic carbocycles. The summed E-state index contributed by atoms with van der Waals surface area (Å²) in [6, 6.07) is 12.6. The van der Waals surface area contributed by atoms with Gasteiger partial charge in [-0.1, -0.05) is 18.5 Å². The van der Waals surface area contributed by atoms with Crippen LogP contribution in [0.1, 0.15) is 18.9 Å². The van der Waals surface area contributed by atoms with Crippen molar-refractivity contribution in [1.82, 2.24) is 0 Å². The molecule has 0 bridgehead atoms. The van der Waals surface area contributed by atoms with E-state index in [9.17, 15) is 0 Å². The Morgan fingerprint density at radius 1 is 1.29 bits per heavy atom. The molecule has 0 aromatic heterocycles. The molecular formula is C16H16ClN3O. The Labute approximate surface area is 129 Å². The molecule has 2 aromatic rings. The molecular weight excluding hydrogens is 286 g/mol. The third-order valence-corrected chi connectivity index (χ3v) is 3.09. The molecule has 21 heavy (non-hydrogen) atoms. The van der Waals surface area contributed by atoms with Crippen LogP contribution in [0.5, 0.6) is 5.75 Å². The Kier molecular flexibility index (Phi) is 4.91. The normalized spacial score (nSPS) is 9.95. The zero-order valence-electron chi connectivity index (χ0n) is 11.7. The number of nitrogens with one attached hydrogen (secondary N) is 1. The molecule has 0 aliphatic rings. The molecule has 0 radical (unpaired) electrons. The Morgan fingerprint density at radius 2 is 2.10 bits per heavy atom. The molecule has 0 unspecified atom stereocenters. The number of nitrogens with two attached hydrogens (primary N) is 1. The highest BCUT2D eigenvalue weighted by Gasteiger charge is 2.05. The number of nitrogens with zero attached hydrogens (tertiary/aromatic N) is 1. The SMILES string of the molecule is CCCOc1cc(N)cc(Nc2ccc(C#N)cc2Cl)c1. The van der Waals surface area contributed by atoms with Gasteiger partial charge in [0.25, 0.3) is 0 Å². The molecule has 0 spiro atoms. The second kappa shape index (κ2) is 6.87. The highest BCUT2D eigenvalue weighted by Crippen LogP contribution is 2.29. The van der Waals surface area contributed by atoms with Crippen LogP contribution < -0.4 is 15.8 Å². The van der Waals surface area contributed by atoms with Gasteiger partial charge in [0.2, 0.25) is 0 Å². The third-order valence-electron chi connectivity index (χ3n) is 2.78. The molecule has 0 aliphatic carbocycles. The van der Waals surface area contributed by atoms with Gasteiger partial charge in [-0.15, -0.1) is 0 Å². The summed E-state index contributed by atoms with van der Waals surface area (Å²) in [5.74, 6) is 0.712. The summed E-state index contributed by atoms with van der Waals surface area (Å²) in [6.07, 6.45) is 0.930. The van der Waals surface area contributed by atoms with Crippen LogP contribution in [0, 0.1) is 11.3 Å². The van der Waals surface area contributed by atoms with Gasteiger partial charge in [0.05, 0.1) is 28.9 Å². The van der Waals surface area contributed by atoms with E-state index >= 15 is 0 Å². The van der Waals surface area contributed by atoms with E-state index in [-0.39, 0.29) is 0 Å². The first kappa shape index (κ1) is 15.0. The molecule has 5 heteroatoms. The largest absolute Gasteiger partial charge is 0.493 e. The van der Waals surface area contributed by atoms with Crippen LogP contribution in [0.25, 0.3) is 0 Å². The van der Waals surface area contributed by atoms with Gasteiger partial charge in [-0.2, -0.15) is 5.26 Å². The topological polar surface area (TPSA) is 71.1 Å². The lowest BCUT2D eigenvalue weighted by Crippen LogP contribution is -1.98. The second-order valence-electron chi connectivity index (χ2n) is 4.57. The average molecular weight is 302 g/mol. The number of anilines is 3. The van der Waals surface area contributed by atoms with Crippen molar-refractivity contribution in [2.45, 2.75) is 13.3 Å². The smallest absolute Gasteiger partial charge is 0.123 e. The number of rotatable bonds is 5. The maximum absolute atomic E-state index is 8.84. The van der Waals surface area contributed by atoms with Gasteiger partial charge in [-0.05, 0) is 30.7 Å².